The molecule has 4 aliphatic carbocycles. The summed E-state index contributed by atoms with van der Waals surface area (Å²) < 4.78 is 32.8. The summed E-state index contributed by atoms with van der Waals surface area (Å²) in [5.74, 6) is 0.476. The van der Waals surface area contributed by atoms with Crippen molar-refractivity contribution in [1.29, 1.82) is 0 Å². The molecule has 8 nitrogen and oxygen atoms in total. The lowest BCUT2D eigenvalue weighted by atomic mass is 9.43. The average Bonchev–Trinajstić information content (AvgIpc) is 3.11. The maximum Gasteiger partial charge on any atom is 0.220 e. The lowest BCUT2D eigenvalue weighted by Gasteiger charge is -2.63. The van der Waals surface area contributed by atoms with E-state index in [0.717, 1.165) is 38.5 Å². The highest BCUT2D eigenvalue weighted by Gasteiger charge is 2.65. The van der Waals surface area contributed by atoms with Gasteiger partial charge in [0.05, 0.1) is 34.2 Å². The van der Waals surface area contributed by atoms with E-state index in [1.54, 1.807) is 0 Å². The largest absolute Gasteiger partial charge is 0.748 e. The molecule has 4 rings (SSSR count). The second kappa shape index (κ2) is 10.1. The first-order chi connectivity index (χ1) is 16.7. The number of amides is 1. The Morgan fingerprint density at radius 2 is 1.75 bits per heavy atom. The quantitative estimate of drug-likeness (QED) is 0.371. The number of carbonyl (C=O) groups excluding carboxylic acids is 1. The fourth-order valence-corrected chi connectivity index (χ4v) is 10.1. The van der Waals surface area contributed by atoms with Gasteiger partial charge in [-0.1, -0.05) is 20.8 Å². The molecule has 0 unspecified atom stereocenters. The number of hydrogen-bond donors (Lipinski definition) is 4. The molecule has 36 heavy (non-hydrogen) atoms. The zero-order valence-corrected chi connectivity index (χ0v) is 23.0. The van der Waals surface area contributed by atoms with Gasteiger partial charge in [0.2, 0.25) is 5.91 Å². The molecular formula is C27H46NO7S-. The second-order valence-electron chi connectivity index (χ2n) is 13.2. The van der Waals surface area contributed by atoms with E-state index >= 15 is 0 Å². The molecule has 0 aromatic rings. The van der Waals surface area contributed by atoms with Crippen LogP contribution in [0.5, 0.6) is 0 Å². The number of fused-ring (bicyclic) bond motifs is 5. The van der Waals surface area contributed by atoms with Crippen LogP contribution in [0.2, 0.25) is 0 Å². The molecule has 4 aliphatic rings. The predicted octanol–water partition coefficient (Wildman–Crippen LogP) is 2.41. The Bertz CT molecular complexity index is 927. The van der Waals surface area contributed by atoms with Crippen LogP contribution in [0.25, 0.3) is 0 Å². The van der Waals surface area contributed by atoms with Gasteiger partial charge in [-0.05, 0) is 105 Å². The van der Waals surface area contributed by atoms with Crippen molar-refractivity contribution in [2.75, 3.05) is 5.75 Å². The normalized spacial score (nSPS) is 46.2. The number of rotatable bonds is 7. The number of hydrogen-bond acceptors (Lipinski definition) is 7. The number of nitrogens with one attached hydrogen (secondary N) is 1. The third-order valence-electron chi connectivity index (χ3n) is 11.2. The Balaban J connectivity index is 1.44. The van der Waals surface area contributed by atoms with Gasteiger partial charge in [0.25, 0.3) is 0 Å². The summed E-state index contributed by atoms with van der Waals surface area (Å²) in [7, 11) is -4.40. The smallest absolute Gasteiger partial charge is 0.220 e. The second-order valence-corrected chi connectivity index (χ2v) is 14.7. The molecule has 0 heterocycles. The molecular weight excluding hydrogens is 482 g/mol. The molecule has 0 saturated heterocycles. The maximum absolute atomic E-state index is 12.4. The minimum absolute atomic E-state index is 0.0431. The molecule has 0 radical (unpaired) electrons. The van der Waals surface area contributed by atoms with E-state index in [9.17, 15) is 33.1 Å². The Labute approximate surface area is 216 Å². The lowest BCUT2D eigenvalue weighted by molar-refractivity contribution is -0.207. The number of carbonyl (C=O) groups is 1. The van der Waals surface area contributed by atoms with Crippen molar-refractivity contribution in [1.82, 2.24) is 5.32 Å². The van der Waals surface area contributed by atoms with Crippen LogP contribution in [0, 0.1) is 46.3 Å². The van der Waals surface area contributed by atoms with E-state index in [1.807, 2.05) is 0 Å². The van der Waals surface area contributed by atoms with Gasteiger partial charge in [-0.2, -0.15) is 0 Å². The molecule has 4 N–H and O–H groups in total. The van der Waals surface area contributed by atoms with Crippen LogP contribution in [-0.4, -0.2) is 64.3 Å². The molecule has 0 bridgehead atoms. The van der Waals surface area contributed by atoms with E-state index in [2.05, 4.69) is 26.1 Å². The number of aliphatic hydroxyl groups is 3. The Morgan fingerprint density at radius 3 is 2.42 bits per heavy atom. The SMILES string of the molecule is C[C@H](CS(=O)(=O)[O-])NC(=O)CC[C@@H](C)[C@H]1CC[C@H]2[C@@H]3[C@H](O)C[C@@H]4C[C@H](O)CC[C@]4(C)[C@H]3C[C@H](O)[C@]12C. The Morgan fingerprint density at radius 1 is 1.06 bits per heavy atom. The van der Waals surface area contributed by atoms with Gasteiger partial charge >= 0.3 is 0 Å². The first-order valence-electron chi connectivity index (χ1n) is 13.9. The molecule has 0 aliphatic heterocycles. The van der Waals surface area contributed by atoms with E-state index in [-0.39, 0.29) is 58.9 Å². The van der Waals surface area contributed by atoms with Crippen LogP contribution in [0.3, 0.4) is 0 Å². The first-order valence-corrected chi connectivity index (χ1v) is 15.5. The average molecular weight is 529 g/mol. The topological polar surface area (TPSA) is 147 Å². The van der Waals surface area contributed by atoms with Gasteiger partial charge in [0.15, 0.2) is 0 Å². The molecule has 1 amide bonds. The summed E-state index contributed by atoms with van der Waals surface area (Å²) in [5, 5.41) is 35.9. The highest BCUT2D eigenvalue weighted by Crippen LogP contribution is 2.68. The monoisotopic (exact) mass is 528 g/mol. The summed E-state index contributed by atoms with van der Waals surface area (Å²) >= 11 is 0. The summed E-state index contributed by atoms with van der Waals surface area (Å²) in [6, 6.07) is -0.723. The summed E-state index contributed by atoms with van der Waals surface area (Å²) in [4.78, 5) is 12.4. The van der Waals surface area contributed by atoms with Crippen molar-refractivity contribution in [3.05, 3.63) is 0 Å². The fourth-order valence-electron chi connectivity index (χ4n) is 9.39. The van der Waals surface area contributed by atoms with Crippen LogP contribution < -0.4 is 5.32 Å². The van der Waals surface area contributed by atoms with Crippen LogP contribution in [0.15, 0.2) is 0 Å². The third-order valence-corrected chi connectivity index (χ3v) is 12.1. The summed E-state index contributed by atoms with van der Waals surface area (Å²) in [5.41, 5.74) is -0.277. The van der Waals surface area contributed by atoms with Gasteiger partial charge in [-0.25, -0.2) is 8.42 Å². The van der Waals surface area contributed by atoms with Crippen LogP contribution in [-0.2, 0) is 14.9 Å². The van der Waals surface area contributed by atoms with Crippen molar-refractivity contribution < 1.29 is 33.1 Å². The molecule has 9 heteroatoms. The minimum Gasteiger partial charge on any atom is -0.748 e. The van der Waals surface area contributed by atoms with E-state index in [1.165, 1.54) is 6.92 Å². The van der Waals surface area contributed by atoms with Crippen LogP contribution in [0.1, 0.15) is 85.5 Å². The molecule has 208 valence electrons. The lowest BCUT2D eigenvalue weighted by Crippen LogP contribution is -2.62. The molecule has 4 saturated carbocycles. The Hall–Kier alpha value is -0.740. The molecule has 0 aromatic heterocycles. The van der Waals surface area contributed by atoms with Crippen molar-refractivity contribution in [2.45, 2.75) is 110 Å². The zero-order chi connectivity index (χ0) is 26.6. The van der Waals surface area contributed by atoms with Gasteiger partial charge in [-0.15, -0.1) is 0 Å². The van der Waals surface area contributed by atoms with E-state index in [0.29, 0.717) is 18.8 Å². The highest BCUT2D eigenvalue weighted by molar-refractivity contribution is 7.85. The zero-order valence-electron chi connectivity index (χ0n) is 22.2. The maximum atomic E-state index is 12.4. The minimum atomic E-state index is -4.40. The van der Waals surface area contributed by atoms with Crippen molar-refractivity contribution in [3.63, 3.8) is 0 Å². The molecule has 0 aromatic carbocycles. The van der Waals surface area contributed by atoms with Gasteiger partial charge in [-0.3, -0.25) is 4.79 Å². The molecule has 12 atom stereocenters. The van der Waals surface area contributed by atoms with Crippen molar-refractivity contribution in [3.8, 4) is 0 Å². The summed E-state index contributed by atoms with van der Waals surface area (Å²) in [6.07, 6.45) is 5.54. The van der Waals surface area contributed by atoms with Gasteiger partial charge in [0.1, 0.15) is 0 Å². The van der Waals surface area contributed by atoms with Crippen molar-refractivity contribution >= 4 is 16.0 Å². The summed E-state index contributed by atoms with van der Waals surface area (Å²) in [6.45, 7) is 8.17. The third kappa shape index (κ3) is 5.12. The van der Waals surface area contributed by atoms with Gasteiger partial charge < -0.3 is 25.2 Å². The predicted molar refractivity (Wildman–Crippen MR) is 135 cm³/mol. The van der Waals surface area contributed by atoms with Crippen molar-refractivity contribution in [2.24, 2.45) is 46.3 Å². The van der Waals surface area contributed by atoms with E-state index in [4.69, 9.17) is 0 Å². The van der Waals surface area contributed by atoms with Gasteiger partial charge in [0, 0.05) is 12.5 Å². The van der Waals surface area contributed by atoms with Crippen LogP contribution >= 0.6 is 0 Å². The molecule has 4 fully saturated rings. The Kier molecular flexibility index (Phi) is 7.93. The fraction of sp³-hybridized carbons (Fsp3) is 0.963. The standard InChI is InChI=1S/C27H47NO7S/c1-15(5-8-24(32)28-16(2)14-36(33,34)35)19-6-7-20-25-21(13-23(31)27(19,20)4)26(3)10-9-18(29)11-17(26)12-22(25)30/h15-23,25,29-31H,5-14H2,1-4H3,(H,28,32)(H,33,34,35)/p-1/t15-,16-,17+,18-,19-,20+,21+,22-,23+,25+,26+,27-/m1/s1. The van der Waals surface area contributed by atoms with E-state index < -0.39 is 34.1 Å². The highest BCUT2D eigenvalue weighted by atomic mass is 32.2. The number of aliphatic hydroxyl groups excluding tert-OH is 3. The van der Waals surface area contributed by atoms with Crippen LogP contribution in [0.4, 0.5) is 0 Å². The first kappa shape index (κ1) is 28.3. The molecule has 0 spiro atoms.